The second kappa shape index (κ2) is 7.45. The Morgan fingerprint density at radius 2 is 1.25 bits per heavy atom. The van der Waals surface area contributed by atoms with E-state index in [0.717, 1.165) is 41.0 Å². The lowest BCUT2D eigenvalue weighted by Gasteiger charge is -2.48. The number of rotatable bonds is 4. The summed E-state index contributed by atoms with van der Waals surface area (Å²) in [5, 5.41) is 0. The minimum Gasteiger partial charge on any atom is -0.0678 e. The van der Waals surface area contributed by atoms with E-state index in [4.69, 9.17) is 0 Å². The molecule has 0 N–H and O–H groups in total. The van der Waals surface area contributed by atoms with E-state index in [0.29, 0.717) is 0 Å². The summed E-state index contributed by atoms with van der Waals surface area (Å²) in [5.74, 6) is 6.09. The molecule has 0 aromatic heterocycles. The quantitative estimate of drug-likeness (QED) is 0.455. The highest BCUT2D eigenvalue weighted by Crippen LogP contribution is 2.63. The van der Waals surface area contributed by atoms with E-state index < -0.39 is 8.07 Å². The Morgan fingerprint density at radius 3 is 1.83 bits per heavy atom. The molecule has 0 heterocycles. The van der Waals surface area contributed by atoms with Crippen LogP contribution < -0.4 is 0 Å². The van der Waals surface area contributed by atoms with Gasteiger partial charge in [-0.1, -0.05) is 98.6 Å². The second-order valence-electron chi connectivity index (χ2n) is 10.1. The predicted molar refractivity (Wildman–Crippen MR) is 110 cm³/mol. The van der Waals surface area contributed by atoms with Gasteiger partial charge in [-0.05, 0) is 46.6 Å². The molecule has 0 saturated heterocycles. The molecule has 0 nitrogen and oxygen atoms in total. The molecule has 0 amide bonds. The smallest absolute Gasteiger partial charge is 0.0600 e. The van der Waals surface area contributed by atoms with Crippen molar-refractivity contribution in [1.29, 1.82) is 0 Å². The molecule has 7 unspecified atom stereocenters. The van der Waals surface area contributed by atoms with Gasteiger partial charge < -0.3 is 0 Å². The first-order valence-corrected chi connectivity index (χ1v) is 14.0. The fourth-order valence-electron chi connectivity index (χ4n) is 8.25. The van der Waals surface area contributed by atoms with Crippen LogP contribution in [-0.4, -0.2) is 8.07 Å². The van der Waals surface area contributed by atoms with Crippen LogP contribution >= 0.6 is 0 Å². The van der Waals surface area contributed by atoms with Gasteiger partial charge in [-0.25, -0.2) is 0 Å². The molecule has 140 valence electrons. The normalized spacial score (nSPS) is 46.8. The molecule has 1 heteroatoms. The average Bonchev–Trinajstić information content (AvgIpc) is 2.96. The Labute approximate surface area is 153 Å². The van der Waals surface area contributed by atoms with Crippen molar-refractivity contribution >= 4 is 8.07 Å². The fraction of sp³-hybridized carbons (Fsp3) is 1.00. The van der Waals surface area contributed by atoms with Crippen LogP contribution in [0.5, 0.6) is 0 Å². The van der Waals surface area contributed by atoms with Gasteiger partial charge in [-0.15, -0.1) is 0 Å². The standard InChI is InChI=1S/C23H44Si/c1-7-24(8-2,23-18(5)16(3)17(4)19(23)6)22-15-14-20-12-10-9-11-13-21(20)22/h16-23H,7-15H2,1-6H3. The molecule has 0 aromatic carbocycles. The molecule has 3 aliphatic carbocycles. The Morgan fingerprint density at radius 1 is 0.667 bits per heavy atom. The Balaban J connectivity index is 1.93. The molecule has 0 spiro atoms. The van der Waals surface area contributed by atoms with Gasteiger partial charge >= 0.3 is 0 Å². The summed E-state index contributed by atoms with van der Waals surface area (Å²) in [6.07, 6.45) is 11.0. The molecular weight excluding hydrogens is 304 g/mol. The zero-order chi connectivity index (χ0) is 17.5. The number of fused-ring (bicyclic) bond motifs is 1. The molecule has 3 rings (SSSR count). The summed E-state index contributed by atoms with van der Waals surface area (Å²) in [5.41, 5.74) is 2.27. The minimum atomic E-state index is -1.22. The van der Waals surface area contributed by atoms with Gasteiger partial charge in [0.25, 0.3) is 0 Å². The highest BCUT2D eigenvalue weighted by molar-refractivity contribution is 6.82. The van der Waals surface area contributed by atoms with Gasteiger partial charge in [0.1, 0.15) is 0 Å². The van der Waals surface area contributed by atoms with E-state index in [-0.39, 0.29) is 0 Å². The molecular formula is C23H44Si. The molecule has 0 radical (unpaired) electrons. The maximum Gasteiger partial charge on any atom is 0.0600 e. The number of hydrogen-bond acceptors (Lipinski definition) is 0. The molecule has 24 heavy (non-hydrogen) atoms. The molecule has 3 aliphatic rings. The zero-order valence-electron chi connectivity index (χ0n) is 17.5. The molecule has 0 bridgehead atoms. The fourth-order valence-corrected chi connectivity index (χ4v) is 16.0. The molecule has 3 saturated carbocycles. The highest BCUT2D eigenvalue weighted by Gasteiger charge is 2.57. The van der Waals surface area contributed by atoms with Crippen molar-refractivity contribution in [3.63, 3.8) is 0 Å². The lowest BCUT2D eigenvalue weighted by atomic mass is 9.91. The average molecular weight is 349 g/mol. The van der Waals surface area contributed by atoms with Crippen LogP contribution in [0.1, 0.15) is 86.5 Å². The molecule has 0 aromatic rings. The van der Waals surface area contributed by atoms with Crippen LogP contribution in [0.4, 0.5) is 0 Å². The van der Waals surface area contributed by atoms with Crippen molar-refractivity contribution < 1.29 is 0 Å². The van der Waals surface area contributed by atoms with Crippen molar-refractivity contribution in [2.75, 3.05) is 0 Å². The van der Waals surface area contributed by atoms with E-state index in [1.54, 1.807) is 37.8 Å². The largest absolute Gasteiger partial charge is 0.0678 e. The minimum absolute atomic E-state index is 0.946. The summed E-state index contributed by atoms with van der Waals surface area (Å²) in [4.78, 5) is 0. The third-order valence-corrected chi connectivity index (χ3v) is 17.1. The first kappa shape index (κ1) is 19.0. The Kier molecular flexibility index (Phi) is 5.90. The van der Waals surface area contributed by atoms with E-state index in [1.807, 2.05) is 0 Å². The Bertz CT molecular complexity index is 398. The van der Waals surface area contributed by atoms with Crippen molar-refractivity contribution in [3.8, 4) is 0 Å². The van der Waals surface area contributed by atoms with Gasteiger partial charge in [0, 0.05) is 0 Å². The third kappa shape index (κ3) is 2.85. The topological polar surface area (TPSA) is 0 Å². The molecule has 7 atom stereocenters. The number of hydrogen-bond donors (Lipinski definition) is 0. The maximum absolute atomic E-state index is 2.64. The SMILES string of the molecule is CC[Si](CC)(C1CCC2CCCCCC21)C1C(C)C(C)C(C)C1C. The van der Waals surface area contributed by atoms with Crippen molar-refractivity contribution in [2.24, 2.45) is 35.5 Å². The second-order valence-corrected chi connectivity index (χ2v) is 15.4. The van der Waals surface area contributed by atoms with Crippen LogP contribution in [0.15, 0.2) is 0 Å². The maximum atomic E-state index is 2.64. The van der Waals surface area contributed by atoms with Gasteiger partial charge in [0.05, 0.1) is 8.07 Å². The molecule has 3 fully saturated rings. The van der Waals surface area contributed by atoms with E-state index in [9.17, 15) is 0 Å². The van der Waals surface area contributed by atoms with Crippen LogP contribution in [-0.2, 0) is 0 Å². The molecule has 0 aliphatic heterocycles. The van der Waals surface area contributed by atoms with E-state index >= 15 is 0 Å². The van der Waals surface area contributed by atoms with Gasteiger partial charge in [0.15, 0.2) is 0 Å². The van der Waals surface area contributed by atoms with Crippen molar-refractivity contribution in [2.45, 2.75) is 110 Å². The van der Waals surface area contributed by atoms with E-state index in [1.165, 1.54) is 24.8 Å². The van der Waals surface area contributed by atoms with Crippen molar-refractivity contribution in [3.05, 3.63) is 0 Å². The van der Waals surface area contributed by atoms with E-state index in [2.05, 4.69) is 41.5 Å². The lowest BCUT2D eigenvalue weighted by molar-refractivity contribution is 0.352. The van der Waals surface area contributed by atoms with Crippen molar-refractivity contribution in [1.82, 2.24) is 0 Å². The van der Waals surface area contributed by atoms with Crippen LogP contribution in [0, 0.1) is 35.5 Å². The van der Waals surface area contributed by atoms with Crippen LogP contribution in [0.25, 0.3) is 0 Å². The third-order valence-electron chi connectivity index (χ3n) is 9.92. The first-order valence-electron chi connectivity index (χ1n) is 11.5. The first-order chi connectivity index (χ1) is 11.5. The Hall–Kier alpha value is 0.217. The van der Waals surface area contributed by atoms with Crippen LogP contribution in [0.3, 0.4) is 0 Å². The summed E-state index contributed by atoms with van der Waals surface area (Å²) in [7, 11) is -1.22. The van der Waals surface area contributed by atoms with Crippen LogP contribution in [0.2, 0.25) is 23.2 Å². The monoisotopic (exact) mass is 348 g/mol. The lowest BCUT2D eigenvalue weighted by Crippen LogP contribution is -2.48. The summed E-state index contributed by atoms with van der Waals surface area (Å²) >= 11 is 0. The predicted octanol–water partition coefficient (Wildman–Crippen LogP) is 7.76. The van der Waals surface area contributed by atoms with Gasteiger partial charge in [-0.3, -0.25) is 0 Å². The highest BCUT2D eigenvalue weighted by atomic mass is 28.3. The zero-order valence-corrected chi connectivity index (χ0v) is 18.5. The summed E-state index contributed by atoms with van der Waals surface area (Å²) in [6, 6.07) is 3.13. The van der Waals surface area contributed by atoms with Gasteiger partial charge in [-0.2, -0.15) is 0 Å². The summed E-state index contributed by atoms with van der Waals surface area (Å²) < 4.78 is 0. The van der Waals surface area contributed by atoms with Gasteiger partial charge in [0.2, 0.25) is 0 Å². The summed E-state index contributed by atoms with van der Waals surface area (Å²) in [6.45, 7) is 15.6.